The van der Waals surface area contributed by atoms with E-state index in [0.717, 1.165) is 9.87 Å². The third-order valence-electron chi connectivity index (χ3n) is 4.56. The molecule has 0 unspecified atom stereocenters. The largest absolute Gasteiger partial charge is 0.480 e. The Morgan fingerprint density at radius 1 is 1.10 bits per heavy atom. The van der Waals surface area contributed by atoms with Crippen LogP contribution >= 0.6 is 23.2 Å². The molecule has 0 saturated heterocycles. The molecule has 3 rings (SSSR count). The van der Waals surface area contributed by atoms with Gasteiger partial charge >= 0.3 is 12.0 Å². The van der Waals surface area contributed by atoms with E-state index in [1.165, 1.54) is 29.2 Å². The fourth-order valence-electron chi connectivity index (χ4n) is 3.23. The van der Waals surface area contributed by atoms with E-state index >= 15 is 0 Å². The summed E-state index contributed by atoms with van der Waals surface area (Å²) in [5.74, 6) is -1.32. The Kier molecular flexibility index (Phi) is 6.16. The highest BCUT2D eigenvalue weighted by atomic mass is 35.5. The predicted molar refractivity (Wildman–Crippen MR) is 115 cm³/mol. The standard InChI is InChI=1S/C19H19Cl2N3O5S/c1-22(2)19(27)23-6-5-12-7-15(3-4-17(12)23)24(11-18(25)26)30(28,29)16-9-13(20)8-14(21)10-16/h3-4,7-10H,5-6,11H2,1-2H3,(H,25,26). The lowest BCUT2D eigenvalue weighted by molar-refractivity contribution is -0.135. The Hall–Kier alpha value is -2.49. The van der Waals surface area contributed by atoms with E-state index in [-0.39, 0.29) is 26.7 Å². The Labute approximate surface area is 184 Å². The van der Waals surface area contributed by atoms with Gasteiger partial charge in [0.2, 0.25) is 0 Å². The number of hydrogen-bond acceptors (Lipinski definition) is 4. The smallest absolute Gasteiger partial charge is 0.324 e. The van der Waals surface area contributed by atoms with Crippen LogP contribution in [0.4, 0.5) is 16.2 Å². The average molecular weight is 472 g/mol. The molecule has 0 aliphatic carbocycles. The maximum absolute atomic E-state index is 13.2. The molecule has 30 heavy (non-hydrogen) atoms. The summed E-state index contributed by atoms with van der Waals surface area (Å²) in [6.45, 7) is -0.336. The van der Waals surface area contributed by atoms with E-state index in [2.05, 4.69) is 0 Å². The summed E-state index contributed by atoms with van der Waals surface area (Å²) in [5, 5.41) is 9.55. The Morgan fingerprint density at radius 2 is 1.73 bits per heavy atom. The van der Waals surface area contributed by atoms with Crippen LogP contribution in [-0.2, 0) is 21.2 Å². The van der Waals surface area contributed by atoms with Crippen molar-refractivity contribution in [1.82, 2.24) is 4.90 Å². The lowest BCUT2D eigenvalue weighted by atomic mass is 10.1. The number of carbonyl (C=O) groups is 2. The molecular formula is C19H19Cl2N3O5S. The molecule has 2 aromatic rings. The highest BCUT2D eigenvalue weighted by Crippen LogP contribution is 2.34. The first-order chi connectivity index (χ1) is 14.0. The zero-order valence-corrected chi connectivity index (χ0v) is 18.5. The van der Waals surface area contributed by atoms with E-state index < -0.39 is 22.5 Å². The van der Waals surface area contributed by atoms with Crippen LogP contribution in [0, 0.1) is 0 Å². The number of fused-ring (bicyclic) bond motifs is 1. The molecular weight excluding hydrogens is 453 g/mol. The summed E-state index contributed by atoms with van der Waals surface area (Å²) >= 11 is 11.9. The molecule has 0 radical (unpaired) electrons. The van der Waals surface area contributed by atoms with E-state index in [4.69, 9.17) is 23.2 Å². The average Bonchev–Trinajstić information content (AvgIpc) is 3.07. The fraction of sp³-hybridized carbons (Fsp3) is 0.263. The summed E-state index contributed by atoms with van der Waals surface area (Å²) in [6.07, 6.45) is 0.521. The van der Waals surface area contributed by atoms with Crippen molar-refractivity contribution >= 4 is 56.6 Å². The van der Waals surface area contributed by atoms with Crippen LogP contribution in [0.15, 0.2) is 41.3 Å². The van der Waals surface area contributed by atoms with Crippen LogP contribution in [0.3, 0.4) is 0 Å². The van der Waals surface area contributed by atoms with Crippen LogP contribution in [0.25, 0.3) is 0 Å². The van der Waals surface area contributed by atoms with Gasteiger partial charge in [0.1, 0.15) is 6.54 Å². The van der Waals surface area contributed by atoms with Crippen molar-refractivity contribution < 1.29 is 23.1 Å². The van der Waals surface area contributed by atoms with Gasteiger partial charge in [0.25, 0.3) is 10.0 Å². The van der Waals surface area contributed by atoms with Gasteiger partial charge in [0.15, 0.2) is 0 Å². The van der Waals surface area contributed by atoms with Crippen LogP contribution in [0.2, 0.25) is 10.0 Å². The van der Waals surface area contributed by atoms with Gasteiger partial charge in [-0.2, -0.15) is 0 Å². The predicted octanol–water partition coefficient (Wildman–Crippen LogP) is 3.32. The number of sulfonamides is 1. The number of halogens is 2. The first-order valence-corrected chi connectivity index (χ1v) is 11.0. The molecule has 1 aliphatic heterocycles. The first-order valence-electron chi connectivity index (χ1n) is 8.83. The number of rotatable bonds is 5. The van der Waals surface area contributed by atoms with E-state index in [1.54, 1.807) is 31.1 Å². The summed E-state index contributed by atoms with van der Waals surface area (Å²) in [4.78, 5) is 26.6. The SMILES string of the molecule is CN(C)C(=O)N1CCc2cc(N(CC(=O)O)S(=O)(=O)c3cc(Cl)cc(Cl)c3)ccc21. The lowest BCUT2D eigenvalue weighted by Gasteiger charge is -2.25. The molecule has 8 nitrogen and oxygen atoms in total. The van der Waals surface area contributed by atoms with Crippen LogP contribution in [0.1, 0.15) is 5.56 Å². The number of aliphatic carboxylic acids is 1. The maximum atomic E-state index is 13.2. The topological polar surface area (TPSA) is 98.2 Å². The summed E-state index contributed by atoms with van der Waals surface area (Å²) in [6, 6.07) is 8.30. The van der Waals surface area contributed by atoms with Gasteiger partial charge < -0.3 is 10.0 Å². The third-order valence-corrected chi connectivity index (χ3v) is 6.75. The normalized spacial score (nSPS) is 13.1. The number of carbonyl (C=O) groups excluding carboxylic acids is 1. The molecule has 1 heterocycles. The number of hydrogen-bond donors (Lipinski definition) is 1. The molecule has 0 fully saturated rings. The first kappa shape index (κ1) is 22.2. The number of amides is 2. The second-order valence-electron chi connectivity index (χ2n) is 6.90. The van der Waals surface area contributed by atoms with Crippen molar-refractivity contribution in [3.8, 4) is 0 Å². The van der Waals surface area contributed by atoms with E-state index in [0.29, 0.717) is 18.7 Å². The van der Waals surface area contributed by atoms with Gasteiger partial charge in [0, 0.05) is 36.4 Å². The monoisotopic (exact) mass is 471 g/mol. The number of nitrogens with zero attached hydrogens (tertiary/aromatic N) is 3. The Bertz CT molecular complexity index is 1100. The van der Waals surface area contributed by atoms with Crippen molar-refractivity contribution in [3.63, 3.8) is 0 Å². The molecule has 0 saturated carbocycles. The summed E-state index contributed by atoms with van der Waals surface area (Å²) < 4.78 is 27.2. The molecule has 160 valence electrons. The second-order valence-corrected chi connectivity index (χ2v) is 9.64. The molecule has 2 aromatic carbocycles. The van der Waals surface area contributed by atoms with Gasteiger partial charge in [-0.25, -0.2) is 13.2 Å². The number of anilines is 2. The zero-order chi connectivity index (χ0) is 22.2. The highest BCUT2D eigenvalue weighted by Gasteiger charge is 2.31. The van der Waals surface area contributed by atoms with Gasteiger partial charge in [0.05, 0.1) is 10.6 Å². The van der Waals surface area contributed by atoms with Crippen molar-refractivity contribution in [2.75, 3.05) is 36.4 Å². The minimum atomic E-state index is -4.26. The minimum absolute atomic E-state index is 0.114. The van der Waals surface area contributed by atoms with Crippen molar-refractivity contribution in [1.29, 1.82) is 0 Å². The van der Waals surface area contributed by atoms with E-state index in [9.17, 15) is 23.1 Å². The van der Waals surface area contributed by atoms with Crippen LogP contribution < -0.4 is 9.21 Å². The summed E-state index contributed by atoms with van der Waals surface area (Å²) in [7, 11) is -0.970. The fourth-order valence-corrected chi connectivity index (χ4v) is 5.36. The minimum Gasteiger partial charge on any atom is -0.480 e. The van der Waals surface area contributed by atoms with Gasteiger partial charge in [-0.15, -0.1) is 0 Å². The Balaban J connectivity index is 2.05. The molecule has 2 amide bonds. The molecule has 0 bridgehead atoms. The van der Waals surface area contributed by atoms with Crippen molar-refractivity contribution in [2.24, 2.45) is 0 Å². The molecule has 11 heteroatoms. The number of carboxylic acids is 1. The van der Waals surface area contributed by atoms with Gasteiger partial charge in [-0.05, 0) is 48.4 Å². The Morgan fingerprint density at radius 3 is 2.30 bits per heavy atom. The van der Waals surface area contributed by atoms with Crippen molar-refractivity contribution in [2.45, 2.75) is 11.3 Å². The van der Waals surface area contributed by atoms with E-state index in [1.807, 2.05) is 0 Å². The highest BCUT2D eigenvalue weighted by molar-refractivity contribution is 7.92. The lowest BCUT2D eigenvalue weighted by Crippen LogP contribution is -2.38. The number of urea groups is 1. The van der Waals surface area contributed by atoms with Crippen molar-refractivity contribution in [3.05, 3.63) is 52.0 Å². The number of carboxylic acid groups (broad SMARTS) is 1. The van der Waals surface area contributed by atoms with Gasteiger partial charge in [-0.1, -0.05) is 23.2 Å². The van der Waals surface area contributed by atoms with Gasteiger partial charge in [-0.3, -0.25) is 14.0 Å². The molecule has 0 atom stereocenters. The molecule has 1 aliphatic rings. The number of benzene rings is 2. The maximum Gasteiger partial charge on any atom is 0.324 e. The molecule has 1 N–H and O–H groups in total. The quantitative estimate of drug-likeness (QED) is 0.720. The van der Waals surface area contributed by atoms with Crippen LogP contribution in [-0.4, -0.2) is 57.6 Å². The molecule has 0 spiro atoms. The summed E-state index contributed by atoms with van der Waals surface area (Å²) in [5.41, 5.74) is 1.58. The second kappa shape index (κ2) is 8.33. The third kappa shape index (κ3) is 4.33. The van der Waals surface area contributed by atoms with Crippen LogP contribution in [0.5, 0.6) is 0 Å². The molecule has 0 aromatic heterocycles. The zero-order valence-electron chi connectivity index (χ0n) is 16.2.